The van der Waals surface area contributed by atoms with E-state index < -0.39 is 14.4 Å². The average Bonchev–Trinajstić information content (AvgIpc) is 3.48. The molecular formula is C45H39N3OSi. The van der Waals surface area contributed by atoms with Crippen LogP contribution in [0.1, 0.15) is 8.30 Å². The molecule has 0 N–H and O–H groups in total. The Balaban J connectivity index is 1.17. The largest absolute Gasteiger partial charge is 0.457 e. The van der Waals surface area contributed by atoms with Gasteiger partial charge in [-0.25, -0.2) is 4.98 Å². The van der Waals surface area contributed by atoms with Gasteiger partial charge in [-0.2, -0.15) is 0 Å². The van der Waals surface area contributed by atoms with Crippen LogP contribution in [0.15, 0.2) is 158 Å². The molecule has 0 amide bonds. The summed E-state index contributed by atoms with van der Waals surface area (Å²) in [5.41, 5.74) is 8.33. The summed E-state index contributed by atoms with van der Waals surface area (Å²) in [5, 5.41) is 2.26. The first-order valence-electron chi connectivity index (χ1n) is 18.0. The van der Waals surface area contributed by atoms with Gasteiger partial charge in [0.15, 0.2) is 0 Å². The van der Waals surface area contributed by atoms with Gasteiger partial charge in [0.25, 0.3) is 0 Å². The lowest BCUT2D eigenvalue weighted by molar-refractivity contribution is 0.483. The highest BCUT2D eigenvalue weighted by atomic mass is 28.3. The molecule has 244 valence electrons. The van der Waals surface area contributed by atoms with Crippen LogP contribution < -0.4 is 4.74 Å². The summed E-state index contributed by atoms with van der Waals surface area (Å²) < 4.78 is 27.3. The molecule has 0 radical (unpaired) electrons. The van der Waals surface area contributed by atoms with Crippen molar-refractivity contribution in [2.45, 2.75) is 32.1 Å². The van der Waals surface area contributed by atoms with Gasteiger partial charge in [-0.15, -0.1) is 0 Å². The Morgan fingerprint density at radius 2 is 1.30 bits per heavy atom. The zero-order valence-electron chi connectivity index (χ0n) is 30.5. The van der Waals surface area contributed by atoms with Gasteiger partial charge in [-0.3, -0.25) is 9.55 Å². The quantitative estimate of drug-likeness (QED) is 0.144. The Labute approximate surface area is 297 Å². The van der Waals surface area contributed by atoms with Crippen molar-refractivity contribution in [1.82, 2.24) is 14.5 Å². The lowest BCUT2D eigenvalue weighted by Gasteiger charge is -2.18. The predicted molar refractivity (Wildman–Crippen MR) is 211 cm³/mol. The second-order valence-electron chi connectivity index (χ2n) is 13.8. The first kappa shape index (κ1) is 29.2. The lowest BCUT2D eigenvalue weighted by atomic mass is 9.98. The highest BCUT2D eigenvalue weighted by Crippen LogP contribution is 2.37. The molecule has 0 aliphatic rings. The molecule has 0 unspecified atom stereocenters. The zero-order valence-corrected chi connectivity index (χ0v) is 29.5. The number of hydrogen-bond acceptors (Lipinski definition) is 3. The summed E-state index contributed by atoms with van der Waals surface area (Å²) in [6, 6.07) is 49.5. The van der Waals surface area contributed by atoms with Gasteiger partial charge in [0.2, 0.25) is 0 Å². The molecule has 0 aliphatic carbocycles. The lowest BCUT2D eigenvalue weighted by Crippen LogP contribution is -2.20. The molecule has 8 rings (SSSR count). The highest BCUT2D eigenvalue weighted by Gasteiger charge is 2.17. The van der Waals surface area contributed by atoms with E-state index in [9.17, 15) is 2.74 Å². The smallest absolute Gasteiger partial charge is 0.138 e. The van der Waals surface area contributed by atoms with E-state index >= 15 is 0 Å². The Kier molecular flexibility index (Phi) is 7.73. The average molecular weight is 668 g/mol. The minimum atomic E-state index is -1.74. The molecule has 4 nitrogen and oxygen atoms in total. The fourth-order valence-corrected chi connectivity index (χ4v) is 7.15. The topological polar surface area (TPSA) is 39.9 Å². The van der Waals surface area contributed by atoms with E-state index in [0.717, 1.165) is 55.4 Å². The van der Waals surface area contributed by atoms with Crippen molar-refractivity contribution in [1.29, 1.82) is 0 Å². The Morgan fingerprint density at radius 1 is 0.600 bits per heavy atom. The molecule has 0 fully saturated rings. The first-order chi connectivity index (χ1) is 25.1. The van der Waals surface area contributed by atoms with E-state index in [-0.39, 0.29) is 0 Å². The van der Waals surface area contributed by atoms with E-state index in [2.05, 4.69) is 90.9 Å². The van der Waals surface area contributed by atoms with E-state index in [1.807, 2.05) is 91.3 Å². The minimum absolute atomic E-state index is 0.512. The van der Waals surface area contributed by atoms with E-state index in [4.69, 9.17) is 14.7 Å². The number of aryl methyl sites for hydroxylation is 1. The fourth-order valence-electron chi connectivity index (χ4n) is 6.43. The molecule has 3 aromatic heterocycles. The number of para-hydroxylation sites is 1. The van der Waals surface area contributed by atoms with Crippen LogP contribution in [-0.4, -0.2) is 22.6 Å². The third-order valence-electron chi connectivity index (χ3n) is 8.89. The molecule has 8 aromatic rings. The van der Waals surface area contributed by atoms with Gasteiger partial charge in [-0.05, 0) is 77.2 Å². The summed E-state index contributed by atoms with van der Waals surface area (Å²) >= 11 is 0. The van der Waals surface area contributed by atoms with Crippen LogP contribution in [0.5, 0.6) is 11.5 Å². The summed E-state index contributed by atoms with van der Waals surface area (Å²) in [4.78, 5) is 9.69. The Morgan fingerprint density at radius 3 is 2.10 bits per heavy atom. The third kappa shape index (κ3) is 6.48. The second-order valence-corrected chi connectivity index (χ2v) is 19.3. The number of hydrogen-bond donors (Lipinski definition) is 0. The molecule has 0 spiro atoms. The molecule has 0 saturated carbocycles. The maximum Gasteiger partial charge on any atom is 0.138 e. The van der Waals surface area contributed by atoms with Crippen LogP contribution in [0.3, 0.4) is 0 Å². The minimum Gasteiger partial charge on any atom is -0.457 e. The summed E-state index contributed by atoms with van der Waals surface area (Å²) in [6.07, 6.45) is 2.18. The number of nitrogens with zero attached hydrogens (tertiary/aromatic N) is 3. The molecule has 0 atom stereocenters. The van der Waals surface area contributed by atoms with Crippen LogP contribution in [0.2, 0.25) is 25.7 Å². The molecule has 0 aliphatic heterocycles. The second kappa shape index (κ2) is 13.3. The van der Waals surface area contributed by atoms with Crippen molar-refractivity contribution >= 4 is 29.9 Å². The van der Waals surface area contributed by atoms with Gasteiger partial charge in [0.05, 0.1) is 16.7 Å². The molecule has 3 heterocycles. The van der Waals surface area contributed by atoms with Crippen LogP contribution in [-0.2, 0) is 6.37 Å². The van der Waals surface area contributed by atoms with Gasteiger partial charge < -0.3 is 4.74 Å². The number of pyridine rings is 2. The molecule has 50 heavy (non-hydrogen) atoms. The van der Waals surface area contributed by atoms with Crippen LogP contribution in [0.4, 0.5) is 0 Å². The van der Waals surface area contributed by atoms with Gasteiger partial charge in [-0.1, -0.05) is 117 Å². The van der Waals surface area contributed by atoms with E-state index in [1.165, 1.54) is 0 Å². The molecule has 0 saturated heterocycles. The van der Waals surface area contributed by atoms with E-state index in [0.29, 0.717) is 28.8 Å². The van der Waals surface area contributed by atoms with Gasteiger partial charge in [0.1, 0.15) is 17.3 Å². The Bertz CT molecular complexity index is 2540. The highest BCUT2D eigenvalue weighted by molar-refractivity contribution is 6.76. The number of rotatable bonds is 9. The first-order valence-corrected chi connectivity index (χ1v) is 20.7. The standard InChI is InChI=1S/C45H39N3OSi/c1-50(2,3)26-24-35-28-42(47-31-41(35)33-15-8-5-9-16-33)36-17-12-18-37(27-36)49-38-21-22-40-39-19-10-11-20-43(39)48(44(40)30-38)45-29-34(23-25-46-45)32-13-6-4-7-14-32/h4-23,25,27-31H,24,26H2,1-3H3/i24D2. The molecule has 0 bridgehead atoms. The number of fused-ring (bicyclic) bond motifs is 3. The summed E-state index contributed by atoms with van der Waals surface area (Å²) in [5.74, 6) is 2.21. The van der Waals surface area contributed by atoms with Gasteiger partial charge >= 0.3 is 0 Å². The summed E-state index contributed by atoms with van der Waals surface area (Å²) in [7, 11) is -1.74. The Hall–Kier alpha value is -5.78. The number of benzene rings is 5. The van der Waals surface area contributed by atoms with Crippen molar-refractivity contribution in [3.63, 3.8) is 0 Å². The van der Waals surface area contributed by atoms with Crippen molar-refractivity contribution in [2.75, 3.05) is 0 Å². The zero-order chi connectivity index (χ0) is 35.9. The monoisotopic (exact) mass is 667 g/mol. The van der Waals surface area contributed by atoms with Crippen molar-refractivity contribution < 1.29 is 7.48 Å². The van der Waals surface area contributed by atoms with Crippen molar-refractivity contribution in [2.24, 2.45) is 0 Å². The summed E-state index contributed by atoms with van der Waals surface area (Å²) in [6.45, 7) is 6.64. The fraction of sp³-hybridized carbons (Fsp3) is 0.111. The van der Waals surface area contributed by atoms with Crippen LogP contribution >= 0.6 is 0 Å². The van der Waals surface area contributed by atoms with Crippen molar-refractivity contribution in [3.05, 3.63) is 164 Å². The SMILES string of the molecule is [2H]C([2H])(C[Si](C)(C)C)c1cc(-c2cccc(Oc3ccc4c5ccccc5n(-c5cc(-c6ccccc6)ccn5)c4c3)c2)ncc1-c1ccccc1. The maximum absolute atomic E-state index is 9.25. The number of aromatic nitrogens is 3. The number of ether oxygens (including phenoxy) is 1. The van der Waals surface area contributed by atoms with Gasteiger partial charge in [0, 0.05) is 51.2 Å². The van der Waals surface area contributed by atoms with E-state index in [1.54, 1.807) is 0 Å². The maximum atomic E-state index is 9.25. The normalized spacial score (nSPS) is 12.5. The van der Waals surface area contributed by atoms with Crippen molar-refractivity contribution in [3.8, 4) is 50.8 Å². The molecule has 5 aromatic carbocycles. The third-order valence-corrected chi connectivity index (χ3v) is 10.1. The van der Waals surface area contributed by atoms with Crippen LogP contribution in [0, 0.1) is 0 Å². The predicted octanol–water partition coefficient (Wildman–Crippen LogP) is 12.2. The van der Waals surface area contributed by atoms with Crippen LogP contribution in [0.25, 0.3) is 61.1 Å². The molecule has 5 heteroatoms. The molecular weight excluding hydrogens is 627 g/mol.